The van der Waals surface area contributed by atoms with Crippen molar-refractivity contribution in [1.82, 2.24) is 4.98 Å². The zero-order valence-electron chi connectivity index (χ0n) is 25.7. The van der Waals surface area contributed by atoms with Gasteiger partial charge in [0.15, 0.2) is 0 Å². The predicted octanol–water partition coefficient (Wildman–Crippen LogP) is 10.7. The van der Waals surface area contributed by atoms with Gasteiger partial charge in [-0.25, -0.2) is 0 Å². The van der Waals surface area contributed by atoms with Crippen LogP contribution in [0.15, 0.2) is 109 Å². The van der Waals surface area contributed by atoms with Crippen LogP contribution >= 0.6 is 0 Å². The normalized spacial score (nSPS) is 22.4. The zero-order valence-corrected chi connectivity index (χ0v) is 25.7. The Kier molecular flexibility index (Phi) is 6.30. The molecule has 210 valence electrons. The molecule has 0 saturated carbocycles. The van der Waals surface area contributed by atoms with Crippen LogP contribution in [0.25, 0.3) is 28.0 Å². The number of hydrogen-bond donors (Lipinski definition) is 0. The molecule has 0 saturated heterocycles. The van der Waals surface area contributed by atoms with E-state index in [2.05, 4.69) is 125 Å². The van der Waals surface area contributed by atoms with Gasteiger partial charge in [-0.05, 0) is 118 Å². The monoisotopic (exact) mass is 547 g/mol. The van der Waals surface area contributed by atoms with Crippen LogP contribution < -0.4 is 0 Å². The van der Waals surface area contributed by atoms with Gasteiger partial charge in [-0.2, -0.15) is 0 Å². The van der Waals surface area contributed by atoms with E-state index in [9.17, 15) is 0 Å². The lowest BCUT2D eigenvalue weighted by molar-refractivity contribution is 0.360. The molecule has 0 aliphatic heterocycles. The fourth-order valence-corrected chi connectivity index (χ4v) is 8.47. The maximum Gasteiger partial charge on any atom is 0.0702 e. The lowest BCUT2D eigenvalue weighted by Gasteiger charge is -2.38. The van der Waals surface area contributed by atoms with Gasteiger partial charge >= 0.3 is 0 Å². The van der Waals surface area contributed by atoms with Gasteiger partial charge in [0.25, 0.3) is 0 Å². The van der Waals surface area contributed by atoms with E-state index in [-0.39, 0.29) is 10.8 Å². The standard InChI is InChI=1S/C41H41N/c1-7-9-10-13-26(8-2)27-15-17-31-35(24-27)40(3,4)33-21-19-30-29(38(31)33)20-22-34-39(30)32-18-16-28(25-36(32)41(34,5)6)37-14-11-12-23-42-37/h7,9,11-12,14-18,20,22-25,30,33H,2,10,13,19,21H2,1,3-6H3/b9-7-. The van der Waals surface area contributed by atoms with Crippen LogP contribution in [-0.2, 0) is 10.8 Å². The molecule has 0 bridgehead atoms. The van der Waals surface area contributed by atoms with Crippen LogP contribution in [0.1, 0.15) is 88.1 Å². The van der Waals surface area contributed by atoms with E-state index in [1.807, 2.05) is 12.3 Å². The molecule has 1 heteroatoms. The molecule has 7 rings (SSSR count). The van der Waals surface area contributed by atoms with Crippen molar-refractivity contribution in [3.63, 3.8) is 0 Å². The first-order valence-corrected chi connectivity index (χ1v) is 15.7. The average Bonchev–Trinajstić information content (AvgIpc) is 3.39. The van der Waals surface area contributed by atoms with Crippen molar-refractivity contribution in [1.29, 1.82) is 0 Å². The molecule has 42 heavy (non-hydrogen) atoms. The summed E-state index contributed by atoms with van der Waals surface area (Å²) in [6.07, 6.45) is 15.6. The zero-order chi connectivity index (χ0) is 29.2. The minimum absolute atomic E-state index is 0.0266. The first-order chi connectivity index (χ1) is 20.3. The Morgan fingerprint density at radius 3 is 2.52 bits per heavy atom. The largest absolute Gasteiger partial charge is 0.256 e. The number of aromatic nitrogens is 1. The molecule has 3 aromatic rings. The summed E-state index contributed by atoms with van der Waals surface area (Å²) in [4.78, 5) is 4.64. The van der Waals surface area contributed by atoms with E-state index in [1.165, 1.54) is 57.4 Å². The SMILES string of the molecule is C=C=C(CC/C=C\C)c1ccc2c(c1)C(C)(C)C1CCC3C(=C21)C=CC1=C3c2ccc(-c3ccccn3)cc2C1(C)C. The van der Waals surface area contributed by atoms with Gasteiger partial charge in [0, 0.05) is 28.7 Å². The molecule has 4 aliphatic rings. The maximum absolute atomic E-state index is 4.64. The van der Waals surface area contributed by atoms with Crippen LogP contribution in [0, 0.1) is 11.8 Å². The van der Waals surface area contributed by atoms with E-state index in [1.54, 1.807) is 16.7 Å². The minimum atomic E-state index is -0.0266. The molecule has 1 heterocycles. The number of hydrogen-bond acceptors (Lipinski definition) is 1. The second kappa shape index (κ2) is 9.82. The summed E-state index contributed by atoms with van der Waals surface area (Å²) in [6.45, 7) is 15.9. The Bertz CT molecular complexity index is 1780. The quantitative estimate of drug-likeness (QED) is 0.229. The number of pyridine rings is 1. The summed E-state index contributed by atoms with van der Waals surface area (Å²) in [7, 11) is 0. The van der Waals surface area contributed by atoms with E-state index in [4.69, 9.17) is 0 Å². The Morgan fingerprint density at radius 2 is 1.76 bits per heavy atom. The van der Waals surface area contributed by atoms with Gasteiger partial charge < -0.3 is 0 Å². The highest BCUT2D eigenvalue weighted by Gasteiger charge is 2.50. The molecule has 0 spiro atoms. The van der Waals surface area contributed by atoms with Crippen molar-refractivity contribution >= 4 is 16.7 Å². The van der Waals surface area contributed by atoms with Crippen LogP contribution in [0.3, 0.4) is 0 Å². The summed E-state index contributed by atoms with van der Waals surface area (Å²) in [5, 5.41) is 0. The highest BCUT2D eigenvalue weighted by atomic mass is 14.7. The third-order valence-electron chi connectivity index (χ3n) is 10.7. The third-order valence-corrected chi connectivity index (χ3v) is 10.7. The number of rotatable bonds is 5. The third kappa shape index (κ3) is 3.87. The Morgan fingerprint density at radius 1 is 0.952 bits per heavy atom. The van der Waals surface area contributed by atoms with Crippen LogP contribution in [0.4, 0.5) is 0 Å². The molecule has 1 nitrogen and oxygen atoms in total. The number of fused-ring (bicyclic) bond motifs is 7. The van der Waals surface area contributed by atoms with Crippen molar-refractivity contribution in [3.8, 4) is 11.3 Å². The summed E-state index contributed by atoms with van der Waals surface area (Å²) >= 11 is 0. The lowest BCUT2D eigenvalue weighted by atomic mass is 9.65. The smallest absolute Gasteiger partial charge is 0.0702 e. The van der Waals surface area contributed by atoms with Crippen molar-refractivity contribution in [2.75, 3.05) is 0 Å². The Labute approximate surface area is 251 Å². The van der Waals surface area contributed by atoms with Crippen molar-refractivity contribution < 1.29 is 0 Å². The molecule has 0 N–H and O–H groups in total. The van der Waals surface area contributed by atoms with Crippen molar-refractivity contribution in [2.45, 2.75) is 71.1 Å². The van der Waals surface area contributed by atoms with Gasteiger partial charge in [-0.3, -0.25) is 4.98 Å². The first kappa shape index (κ1) is 26.9. The van der Waals surface area contributed by atoms with Gasteiger partial charge in [0.2, 0.25) is 0 Å². The average molecular weight is 548 g/mol. The van der Waals surface area contributed by atoms with E-state index >= 15 is 0 Å². The maximum atomic E-state index is 4.64. The Balaban J connectivity index is 1.32. The number of allylic oxidation sites excluding steroid dienone is 9. The van der Waals surface area contributed by atoms with Gasteiger partial charge in [0.1, 0.15) is 0 Å². The molecule has 0 amide bonds. The fourth-order valence-electron chi connectivity index (χ4n) is 8.47. The van der Waals surface area contributed by atoms with Crippen LogP contribution in [-0.4, -0.2) is 4.98 Å². The van der Waals surface area contributed by atoms with Gasteiger partial charge in [-0.1, -0.05) is 88.9 Å². The van der Waals surface area contributed by atoms with Crippen LogP contribution in [0.2, 0.25) is 0 Å². The lowest BCUT2D eigenvalue weighted by Crippen LogP contribution is -2.29. The highest BCUT2D eigenvalue weighted by Crippen LogP contribution is 2.62. The molecule has 2 atom stereocenters. The number of benzene rings is 2. The van der Waals surface area contributed by atoms with E-state index < -0.39 is 0 Å². The van der Waals surface area contributed by atoms with Crippen molar-refractivity contribution in [3.05, 3.63) is 136 Å². The number of nitrogens with zero attached hydrogens (tertiary/aromatic N) is 1. The van der Waals surface area contributed by atoms with E-state index in [0.29, 0.717) is 11.8 Å². The highest BCUT2D eigenvalue weighted by molar-refractivity contribution is 5.93. The fraction of sp³-hybridized carbons (Fsp3) is 0.317. The van der Waals surface area contributed by atoms with Gasteiger partial charge in [0.05, 0.1) is 5.69 Å². The molecular weight excluding hydrogens is 506 g/mol. The van der Waals surface area contributed by atoms with Crippen molar-refractivity contribution in [2.24, 2.45) is 11.8 Å². The molecule has 0 fully saturated rings. The summed E-state index contributed by atoms with van der Waals surface area (Å²) in [5.41, 5.74) is 20.1. The predicted molar refractivity (Wildman–Crippen MR) is 178 cm³/mol. The molecule has 2 unspecified atom stereocenters. The summed E-state index contributed by atoms with van der Waals surface area (Å²) in [5.74, 6) is 0.990. The molecule has 4 aliphatic carbocycles. The Hall–Kier alpha value is -3.93. The summed E-state index contributed by atoms with van der Waals surface area (Å²) < 4.78 is 0. The first-order valence-electron chi connectivity index (χ1n) is 15.7. The van der Waals surface area contributed by atoms with Gasteiger partial charge in [-0.15, -0.1) is 5.73 Å². The molecular formula is C41H41N. The second-order valence-corrected chi connectivity index (χ2v) is 13.6. The molecule has 2 aromatic carbocycles. The minimum Gasteiger partial charge on any atom is -0.256 e. The van der Waals surface area contributed by atoms with E-state index in [0.717, 1.165) is 18.5 Å². The molecule has 1 aromatic heterocycles. The second-order valence-electron chi connectivity index (χ2n) is 13.6. The topological polar surface area (TPSA) is 12.9 Å². The summed E-state index contributed by atoms with van der Waals surface area (Å²) in [6, 6.07) is 20.4. The molecule has 0 radical (unpaired) electrons. The van der Waals surface area contributed by atoms with Crippen LogP contribution in [0.5, 0.6) is 0 Å².